The second-order valence-corrected chi connectivity index (χ2v) is 5.19. The zero-order valence-corrected chi connectivity index (χ0v) is 12.9. The highest BCUT2D eigenvalue weighted by molar-refractivity contribution is 9.10. The van der Waals surface area contributed by atoms with Gasteiger partial charge in [-0.25, -0.2) is 0 Å². The number of hydrogen-bond acceptors (Lipinski definition) is 3. The molecule has 1 heterocycles. The van der Waals surface area contributed by atoms with Gasteiger partial charge >= 0.3 is 0 Å². The van der Waals surface area contributed by atoms with Gasteiger partial charge in [0.2, 0.25) is 0 Å². The first-order chi connectivity index (χ1) is 9.13. The summed E-state index contributed by atoms with van der Waals surface area (Å²) in [7, 11) is 1.95. The molecular formula is C14H18BrN3O. The van der Waals surface area contributed by atoms with Crippen LogP contribution in [0.1, 0.15) is 25.5 Å². The van der Waals surface area contributed by atoms with Crippen LogP contribution in [0, 0.1) is 0 Å². The SMILES string of the molecule is CCn1cc(Oc2ccc(C(C)NC)cc2Br)cn1. The first kappa shape index (κ1) is 14.1. The van der Waals surface area contributed by atoms with Crippen molar-refractivity contribution < 1.29 is 4.74 Å². The average molecular weight is 324 g/mol. The maximum Gasteiger partial charge on any atom is 0.165 e. The lowest BCUT2D eigenvalue weighted by atomic mass is 10.1. The molecule has 5 heteroatoms. The number of benzene rings is 1. The van der Waals surface area contributed by atoms with Crippen LogP contribution >= 0.6 is 15.9 Å². The molecule has 0 saturated carbocycles. The second-order valence-electron chi connectivity index (χ2n) is 4.33. The zero-order valence-electron chi connectivity index (χ0n) is 11.4. The summed E-state index contributed by atoms with van der Waals surface area (Å²) in [6.45, 7) is 5.00. The Morgan fingerprint density at radius 1 is 1.47 bits per heavy atom. The summed E-state index contributed by atoms with van der Waals surface area (Å²) in [5.41, 5.74) is 1.21. The molecule has 0 aliphatic rings. The van der Waals surface area contributed by atoms with Gasteiger partial charge in [0.15, 0.2) is 5.75 Å². The Labute approximate surface area is 121 Å². The molecule has 4 nitrogen and oxygen atoms in total. The van der Waals surface area contributed by atoms with Gasteiger partial charge in [-0.2, -0.15) is 5.10 Å². The van der Waals surface area contributed by atoms with Crippen molar-refractivity contribution in [1.82, 2.24) is 15.1 Å². The smallest absolute Gasteiger partial charge is 0.165 e. The monoisotopic (exact) mass is 323 g/mol. The summed E-state index contributed by atoms with van der Waals surface area (Å²) in [4.78, 5) is 0. The number of ether oxygens (including phenoxy) is 1. The Balaban J connectivity index is 2.17. The van der Waals surface area contributed by atoms with Crippen molar-refractivity contribution in [2.45, 2.75) is 26.4 Å². The van der Waals surface area contributed by atoms with E-state index in [4.69, 9.17) is 4.74 Å². The Morgan fingerprint density at radius 3 is 2.84 bits per heavy atom. The quantitative estimate of drug-likeness (QED) is 0.911. The highest BCUT2D eigenvalue weighted by Gasteiger charge is 2.08. The molecule has 0 radical (unpaired) electrons. The van der Waals surface area contributed by atoms with E-state index in [1.54, 1.807) is 6.20 Å². The number of nitrogens with one attached hydrogen (secondary N) is 1. The van der Waals surface area contributed by atoms with Crippen LogP contribution in [0.25, 0.3) is 0 Å². The number of aryl methyl sites for hydroxylation is 1. The first-order valence-electron chi connectivity index (χ1n) is 6.31. The van der Waals surface area contributed by atoms with Gasteiger partial charge in [-0.1, -0.05) is 6.07 Å². The zero-order chi connectivity index (χ0) is 13.8. The molecule has 0 aliphatic heterocycles. The van der Waals surface area contributed by atoms with Crippen LogP contribution in [0.2, 0.25) is 0 Å². The average Bonchev–Trinajstić information content (AvgIpc) is 2.88. The largest absolute Gasteiger partial charge is 0.453 e. The van der Waals surface area contributed by atoms with E-state index in [-0.39, 0.29) is 0 Å². The van der Waals surface area contributed by atoms with Gasteiger partial charge in [0, 0.05) is 12.6 Å². The van der Waals surface area contributed by atoms with Gasteiger partial charge in [0.1, 0.15) is 5.75 Å². The van der Waals surface area contributed by atoms with Crippen molar-refractivity contribution in [2.75, 3.05) is 7.05 Å². The van der Waals surface area contributed by atoms with E-state index in [2.05, 4.69) is 45.4 Å². The van der Waals surface area contributed by atoms with E-state index in [1.807, 2.05) is 30.9 Å². The Morgan fingerprint density at radius 2 is 2.26 bits per heavy atom. The molecule has 0 bridgehead atoms. The molecule has 19 heavy (non-hydrogen) atoms. The standard InChI is InChI=1S/C14H18BrN3O/c1-4-18-9-12(8-17-18)19-14-6-5-11(7-13(14)15)10(2)16-3/h5-10,16H,4H2,1-3H3. The Bertz CT molecular complexity index is 553. The van der Waals surface area contributed by atoms with Crippen molar-refractivity contribution in [3.05, 3.63) is 40.6 Å². The van der Waals surface area contributed by atoms with Crippen LogP contribution in [0.5, 0.6) is 11.5 Å². The minimum absolute atomic E-state index is 0.313. The van der Waals surface area contributed by atoms with E-state index in [9.17, 15) is 0 Å². The van der Waals surface area contributed by atoms with Crippen molar-refractivity contribution >= 4 is 15.9 Å². The lowest BCUT2D eigenvalue weighted by molar-refractivity contribution is 0.477. The lowest BCUT2D eigenvalue weighted by Crippen LogP contribution is -2.12. The van der Waals surface area contributed by atoms with Crippen LogP contribution in [-0.2, 0) is 6.54 Å². The fourth-order valence-corrected chi connectivity index (χ4v) is 2.21. The molecule has 0 amide bonds. The molecule has 0 spiro atoms. The molecule has 0 saturated heterocycles. The summed E-state index contributed by atoms with van der Waals surface area (Å²) >= 11 is 3.55. The molecule has 2 aromatic rings. The summed E-state index contributed by atoms with van der Waals surface area (Å²) in [6, 6.07) is 6.41. The van der Waals surface area contributed by atoms with Crippen molar-refractivity contribution in [3.63, 3.8) is 0 Å². The summed E-state index contributed by atoms with van der Waals surface area (Å²) in [6.07, 6.45) is 3.61. The Hall–Kier alpha value is -1.33. The van der Waals surface area contributed by atoms with Crippen LogP contribution in [0.3, 0.4) is 0 Å². The van der Waals surface area contributed by atoms with Gasteiger partial charge in [0.05, 0.1) is 16.9 Å². The van der Waals surface area contributed by atoms with Gasteiger partial charge in [-0.05, 0) is 54.5 Å². The Kier molecular flexibility index (Phi) is 4.61. The molecular weight excluding hydrogens is 306 g/mol. The molecule has 0 fully saturated rings. The number of halogens is 1. The summed E-state index contributed by atoms with van der Waals surface area (Å²) in [5.74, 6) is 1.54. The van der Waals surface area contributed by atoms with Crippen molar-refractivity contribution in [2.24, 2.45) is 0 Å². The number of hydrogen-bond donors (Lipinski definition) is 1. The lowest BCUT2D eigenvalue weighted by Gasteiger charge is -2.13. The number of nitrogens with zero attached hydrogens (tertiary/aromatic N) is 2. The van der Waals surface area contributed by atoms with E-state index in [1.165, 1.54) is 5.56 Å². The van der Waals surface area contributed by atoms with Gasteiger partial charge in [-0.3, -0.25) is 4.68 Å². The summed E-state index contributed by atoms with van der Waals surface area (Å²) < 4.78 is 8.58. The number of rotatable bonds is 5. The van der Waals surface area contributed by atoms with Crippen molar-refractivity contribution in [3.8, 4) is 11.5 Å². The molecule has 1 unspecified atom stereocenters. The van der Waals surface area contributed by atoms with Crippen LogP contribution in [0.15, 0.2) is 35.1 Å². The minimum Gasteiger partial charge on any atom is -0.453 e. The van der Waals surface area contributed by atoms with E-state index < -0.39 is 0 Å². The highest BCUT2D eigenvalue weighted by Crippen LogP contribution is 2.31. The summed E-state index contributed by atoms with van der Waals surface area (Å²) in [5, 5.41) is 7.40. The van der Waals surface area contributed by atoms with Crippen LogP contribution in [-0.4, -0.2) is 16.8 Å². The van der Waals surface area contributed by atoms with E-state index in [0.29, 0.717) is 6.04 Å². The maximum absolute atomic E-state index is 5.81. The molecule has 1 aromatic carbocycles. The maximum atomic E-state index is 5.81. The molecule has 0 aliphatic carbocycles. The first-order valence-corrected chi connectivity index (χ1v) is 7.10. The van der Waals surface area contributed by atoms with Gasteiger partial charge < -0.3 is 10.1 Å². The predicted octanol–water partition coefficient (Wildman–Crippen LogP) is 3.74. The van der Waals surface area contributed by atoms with Crippen LogP contribution in [0.4, 0.5) is 0 Å². The third-order valence-corrected chi connectivity index (χ3v) is 3.67. The third kappa shape index (κ3) is 3.36. The van der Waals surface area contributed by atoms with Gasteiger partial charge in [-0.15, -0.1) is 0 Å². The molecule has 102 valence electrons. The molecule has 1 atom stereocenters. The van der Waals surface area contributed by atoms with Crippen molar-refractivity contribution in [1.29, 1.82) is 0 Å². The fourth-order valence-electron chi connectivity index (χ4n) is 1.73. The third-order valence-electron chi connectivity index (χ3n) is 3.05. The minimum atomic E-state index is 0.313. The predicted molar refractivity (Wildman–Crippen MR) is 79.6 cm³/mol. The molecule has 2 rings (SSSR count). The molecule has 1 N–H and O–H groups in total. The van der Waals surface area contributed by atoms with E-state index >= 15 is 0 Å². The highest BCUT2D eigenvalue weighted by atomic mass is 79.9. The normalized spacial score (nSPS) is 12.4. The van der Waals surface area contributed by atoms with E-state index in [0.717, 1.165) is 22.5 Å². The van der Waals surface area contributed by atoms with Crippen LogP contribution < -0.4 is 10.1 Å². The van der Waals surface area contributed by atoms with Gasteiger partial charge in [0.25, 0.3) is 0 Å². The second kappa shape index (κ2) is 6.21. The molecule has 1 aromatic heterocycles. The number of aromatic nitrogens is 2. The topological polar surface area (TPSA) is 39.1 Å². The fraction of sp³-hybridized carbons (Fsp3) is 0.357.